The molecule has 1 aliphatic heterocycles. The van der Waals surface area contributed by atoms with E-state index >= 15 is 0 Å². The van der Waals surface area contributed by atoms with Crippen LogP contribution in [0.25, 0.3) is 0 Å². The molecule has 1 amide bonds. The summed E-state index contributed by atoms with van der Waals surface area (Å²) in [6, 6.07) is 12.4. The van der Waals surface area contributed by atoms with Crippen LogP contribution < -0.4 is 5.32 Å². The molecule has 7 heteroatoms. The summed E-state index contributed by atoms with van der Waals surface area (Å²) in [6.07, 6.45) is 2.47. The highest BCUT2D eigenvalue weighted by atomic mass is 79.9. The number of benzene rings is 2. The molecule has 1 heterocycles. The van der Waals surface area contributed by atoms with Crippen LogP contribution in [0.4, 0.5) is 5.69 Å². The Balaban J connectivity index is 1.68. The van der Waals surface area contributed by atoms with E-state index in [0.29, 0.717) is 11.0 Å². The van der Waals surface area contributed by atoms with Crippen molar-refractivity contribution in [2.75, 3.05) is 13.1 Å². The van der Waals surface area contributed by atoms with Gasteiger partial charge in [0.05, 0.1) is 9.40 Å². The number of rotatable bonds is 6. The molecular formula is C19H20BrN3O3. The molecule has 2 aromatic rings. The number of nitro groups is 1. The number of halogens is 1. The van der Waals surface area contributed by atoms with Crippen LogP contribution in [0.3, 0.4) is 0 Å². The zero-order chi connectivity index (χ0) is 18.5. The fourth-order valence-electron chi connectivity index (χ4n) is 3.14. The maximum Gasteiger partial charge on any atom is 0.284 e. The fourth-order valence-corrected chi connectivity index (χ4v) is 3.53. The van der Waals surface area contributed by atoms with Gasteiger partial charge in [0.25, 0.3) is 11.6 Å². The van der Waals surface area contributed by atoms with E-state index in [1.807, 2.05) is 18.2 Å². The van der Waals surface area contributed by atoms with Gasteiger partial charge >= 0.3 is 0 Å². The molecule has 6 nitrogen and oxygen atoms in total. The van der Waals surface area contributed by atoms with Gasteiger partial charge < -0.3 is 5.32 Å². The second-order valence-electron chi connectivity index (χ2n) is 6.36. The number of nitrogens with one attached hydrogen (secondary N) is 1. The SMILES string of the molecule is O=C(NCc1ccccc1CN1CCCC1)c1ccc(Br)c([N+](=O)[O-])c1. The van der Waals surface area contributed by atoms with Crippen molar-refractivity contribution in [3.63, 3.8) is 0 Å². The van der Waals surface area contributed by atoms with Gasteiger partial charge in [-0.25, -0.2) is 0 Å². The van der Waals surface area contributed by atoms with E-state index in [1.165, 1.54) is 30.5 Å². The number of likely N-dealkylation sites (tertiary alicyclic amines) is 1. The van der Waals surface area contributed by atoms with Crippen LogP contribution in [-0.4, -0.2) is 28.8 Å². The largest absolute Gasteiger partial charge is 0.348 e. The predicted molar refractivity (Wildman–Crippen MR) is 103 cm³/mol. The molecule has 1 fully saturated rings. The van der Waals surface area contributed by atoms with Crippen LogP contribution >= 0.6 is 15.9 Å². The number of hydrogen-bond acceptors (Lipinski definition) is 4. The van der Waals surface area contributed by atoms with E-state index in [4.69, 9.17) is 0 Å². The van der Waals surface area contributed by atoms with E-state index < -0.39 is 4.92 Å². The van der Waals surface area contributed by atoms with Crippen molar-refractivity contribution in [2.24, 2.45) is 0 Å². The molecule has 3 rings (SSSR count). The molecule has 26 heavy (non-hydrogen) atoms. The van der Waals surface area contributed by atoms with Crippen molar-refractivity contribution < 1.29 is 9.72 Å². The van der Waals surface area contributed by atoms with Crippen molar-refractivity contribution in [2.45, 2.75) is 25.9 Å². The number of nitrogens with zero attached hydrogens (tertiary/aromatic N) is 2. The van der Waals surface area contributed by atoms with Crippen LogP contribution in [0, 0.1) is 10.1 Å². The third-order valence-electron chi connectivity index (χ3n) is 4.56. The van der Waals surface area contributed by atoms with Gasteiger partial charge in [-0.3, -0.25) is 19.8 Å². The van der Waals surface area contributed by atoms with Gasteiger partial charge in [-0.15, -0.1) is 0 Å². The summed E-state index contributed by atoms with van der Waals surface area (Å²) < 4.78 is 0.356. The van der Waals surface area contributed by atoms with Crippen molar-refractivity contribution in [3.05, 3.63) is 73.7 Å². The Kier molecular flexibility index (Phi) is 6.00. The first-order valence-electron chi connectivity index (χ1n) is 8.56. The fraction of sp³-hybridized carbons (Fsp3) is 0.316. The molecule has 0 aromatic heterocycles. The van der Waals surface area contributed by atoms with Gasteiger partial charge in [-0.2, -0.15) is 0 Å². The maximum absolute atomic E-state index is 12.4. The number of carbonyl (C=O) groups excluding carboxylic acids is 1. The summed E-state index contributed by atoms with van der Waals surface area (Å²) in [4.78, 5) is 25.3. The third-order valence-corrected chi connectivity index (χ3v) is 5.23. The Morgan fingerprint density at radius 1 is 1.15 bits per heavy atom. The minimum Gasteiger partial charge on any atom is -0.348 e. The van der Waals surface area contributed by atoms with E-state index in [-0.39, 0.29) is 17.2 Å². The predicted octanol–water partition coefficient (Wildman–Crippen LogP) is 3.88. The van der Waals surface area contributed by atoms with E-state index in [9.17, 15) is 14.9 Å². The molecular weight excluding hydrogens is 398 g/mol. The summed E-state index contributed by atoms with van der Waals surface area (Å²) >= 11 is 3.13. The minimum absolute atomic E-state index is 0.118. The van der Waals surface area contributed by atoms with E-state index in [2.05, 4.69) is 32.2 Å². The molecule has 1 saturated heterocycles. The lowest BCUT2D eigenvalue weighted by Gasteiger charge is -2.17. The second-order valence-corrected chi connectivity index (χ2v) is 7.21. The molecule has 0 spiro atoms. The Hall–Kier alpha value is -2.25. The maximum atomic E-state index is 12.4. The van der Waals surface area contributed by atoms with Crippen molar-refractivity contribution in [3.8, 4) is 0 Å². The lowest BCUT2D eigenvalue weighted by Crippen LogP contribution is -2.25. The highest BCUT2D eigenvalue weighted by Crippen LogP contribution is 2.25. The zero-order valence-electron chi connectivity index (χ0n) is 14.3. The average molecular weight is 418 g/mol. The highest BCUT2D eigenvalue weighted by Gasteiger charge is 2.17. The van der Waals surface area contributed by atoms with Gasteiger partial charge in [0.1, 0.15) is 0 Å². The summed E-state index contributed by atoms with van der Waals surface area (Å²) in [6.45, 7) is 3.51. The Bertz CT molecular complexity index is 819. The number of amides is 1. The summed E-state index contributed by atoms with van der Waals surface area (Å²) in [5.41, 5.74) is 2.43. The van der Waals surface area contributed by atoms with Crippen molar-refractivity contribution >= 4 is 27.5 Å². The summed E-state index contributed by atoms with van der Waals surface area (Å²) in [7, 11) is 0. The van der Waals surface area contributed by atoms with Crippen LogP contribution in [0.1, 0.15) is 34.3 Å². The first-order valence-corrected chi connectivity index (χ1v) is 9.35. The molecule has 1 aliphatic rings. The molecule has 0 unspecified atom stereocenters. The monoisotopic (exact) mass is 417 g/mol. The standard InChI is InChI=1S/C19H20BrN3O3/c20-17-8-7-14(11-18(17)23(25)26)19(24)21-12-15-5-1-2-6-16(15)13-22-9-3-4-10-22/h1-2,5-8,11H,3-4,9-10,12-13H2,(H,21,24). The quantitative estimate of drug-likeness (QED) is 0.571. The van der Waals surface area contributed by atoms with Crippen molar-refractivity contribution in [1.82, 2.24) is 10.2 Å². The number of hydrogen-bond donors (Lipinski definition) is 1. The smallest absolute Gasteiger partial charge is 0.284 e. The molecule has 0 atom stereocenters. The zero-order valence-corrected chi connectivity index (χ0v) is 15.9. The highest BCUT2D eigenvalue weighted by molar-refractivity contribution is 9.10. The molecule has 136 valence electrons. The first-order chi connectivity index (χ1) is 12.5. The number of carbonyl (C=O) groups is 1. The van der Waals surface area contributed by atoms with Gasteiger partial charge in [-0.1, -0.05) is 24.3 Å². The van der Waals surface area contributed by atoms with Crippen LogP contribution in [0.5, 0.6) is 0 Å². The molecule has 2 aromatic carbocycles. The van der Waals surface area contributed by atoms with Gasteiger partial charge in [0.15, 0.2) is 0 Å². The van der Waals surface area contributed by atoms with E-state index in [1.54, 1.807) is 6.07 Å². The molecule has 1 N–H and O–H groups in total. The number of nitro benzene ring substituents is 1. The lowest BCUT2D eigenvalue weighted by molar-refractivity contribution is -0.385. The molecule has 0 saturated carbocycles. The second kappa shape index (κ2) is 8.42. The average Bonchev–Trinajstić information content (AvgIpc) is 3.14. The summed E-state index contributed by atoms with van der Waals surface area (Å²) in [5, 5.41) is 13.9. The van der Waals surface area contributed by atoms with Crippen LogP contribution in [-0.2, 0) is 13.1 Å². The van der Waals surface area contributed by atoms with Crippen LogP contribution in [0.2, 0.25) is 0 Å². The lowest BCUT2D eigenvalue weighted by atomic mass is 10.1. The van der Waals surface area contributed by atoms with E-state index in [0.717, 1.165) is 25.2 Å². The van der Waals surface area contributed by atoms with Gasteiger partial charge in [-0.05, 0) is 65.1 Å². The Morgan fingerprint density at radius 2 is 1.85 bits per heavy atom. The molecule has 0 aliphatic carbocycles. The van der Waals surface area contributed by atoms with Gasteiger partial charge in [0.2, 0.25) is 0 Å². The Morgan fingerprint density at radius 3 is 2.54 bits per heavy atom. The minimum atomic E-state index is -0.508. The summed E-state index contributed by atoms with van der Waals surface area (Å²) in [5.74, 6) is -0.323. The topological polar surface area (TPSA) is 75.5 Å². The molecule has 0 radical (unpaired) electrons. The normalized spacial score (nSPS) is 14.3. The first kappa shape index (κ1) is 18.5. The molecule has 0 bridgehead atoms. The van der Waals surface area contributed by atoms with Crippen LogP contribution in [0.15, 0.2) is 46.9 Å². The third kappa shape index (κ3) is 4.47. The van der Waals surface area contributed by atoms with Crippen molar-refractivity contribution in [1.29, 1.82) is 0 Å². The van der Waals surface area contributed by atoms with Gasteiger partial charge in [0, 0.05) is 24.7 Å². The Labute approximate surface area is 160 Å².